The zero-order chi connectivity index (χ0) is 27.2. The summed E-state index contributed by atoms with van der Waals surface area (Å²) in [5.41, 5.74) is 4.87. The molecular formula is C30H37FN4O3. The number of halogens is 1. The summed E-state index contributed by atoms with van der Waals surface area (Å²) in [5.74, 6) is -0.151. The molecular weight excluding hydrogens is 483 g/mol. The molecule has 1 saturated heterocycles. The van der Waals surface area contributed by atoms with Gasteiger partial charge >= 0.3 is 6.09 Å². The molecule has 2 aliphatic heterocycles. The molecule has 1 aromatic heterocycles. The normalized spacial score (nSPS) is 18.7. The highest BCUT2D eigenvalue weighted by atomic mass is 19.1. The largest absolute Gasteiger partial charge is 0.444 e. The van der Waals surface area contributed by atoms with Crippen LogP contribution in [0.1, 0.15) is 44.5 Å². The highest BCUT2D eigenvalue weighted by Crippen LogP contribution is 2.35. The van der Waals surface area contributed by atoms with Gasteiger partial charge in [0.1, 0.15) is 11.4 Å². The van der Waals surface area contributed by atoms with Gasteiger partial charge in [0, 0.05) is 61.5 Å². The van der Waals surface area contributed by atoms with Crippen molar-refractivity contribution in [3.8, 4) is 0 Å². The molecule has 2 amide bonds. The number of aromatic nitrogens is 1. The number of carbonyl (C=O) groups is 2. The molecule has 1 atom stereocenters. The molecule has 5 rings (SSSR count). The third-order valence-electron chi connectivity index (χ3n) is 7.64. The second-order valence-corrected chi connectivity index (χ2v) is 11.5. The second-order valence-electron chi connectivity index (χ2n) is 11.5. The summed E-state index contributed by atoms with van der Waals surface area (Å²) < 4.78 is 21.0. The van der Waals surface area contributed by atoms with E-state index in [1.807, 2.05) is 36.6 Å². The molecule has 7 nitrogen and oxygen atoms in total. The van der Waals surface area contributed by atoms with Gasteiger partial charge in [0.05, 0.1) is 18.6 Å². The van der Waals surface area contributed by atoms with E-state index in [2.05, 4.69) is 35.6 Å². The second kappa shape index (κ2) is 10.1. The van der Waals surface area contributed by atoms with E-state index in [0.29, 0.717) is 19.6 Å². The van der Waals surface area contributed by atoms with Crippen molar-refractivity contribution in [1.29, 1.82) is 0 Å². The smallest absolute Gasteiger partial charge is 0.410 e. The Balaban J connectivity index is 1.30. The van der Waals surface area contributed by atoms with Gasteiger partial charge in [-0.2, -0.15) is 0 Å². The zero-order valence-corrected chi connectivity index (χ0v) is 23.0. The SMILES string of the molecule is CC1Cc2c(c3ccc(N4CCN(CCc5ccc(F)cc5)CC4=O)cc3n2C)CN1C(=O)OC(C)(C)C. The van der Waals surface area contributed by atoms with Crippen LogP contribution in [-0.2, 0) is 36.0 Å². The highest BCUT2D eigenvalue weighted by Gasteiger charge is 2.34. The lowest BCUT2D eigenvalue weighted by atomic mass is 9.99. The Hall–Kier alpha value is -3.39. The predicted octanol–water partition coefficient (Wildman–Crippen LogP) is 4.89. The molecule has 1 unspecified atom stereocenters. The third kappa shape index (κ3) is 5.27. The number of aryl methyl sites for hydroxylation is 1. The summed E-state index contributed by atoms with van der Waals surface area (Å²) in [4.78, 5) is 31.8. The molecule has 2 aromatic carbocycles. The Morgan fingerprint density at radius 3 is 2.50 bits per heavy atom. The number of hydrogen-bond acceptors (Lipinski definition) is 4. The van der Waals surface area contributed by atoms with E-state index in [0.717, 1.165) is 53.6 Å². The summed E-state index contributed by atoms with van der Waals surface area (Å²) >= 11 is 0. The number of nitrogens with zero attached hydrogens (tertiary/aromatic N) is 4. The number of benzene rings is 2. The Bertz CT molecular complexity index is 1360. The lowest BCUT2D eigenvalue weighted by Gasteiger charge is -2.35. The molecule has 202 valence electrons. The van der Waals surface area contributed by atoms with E-state index in [9.17, 15) is 14.0 Å². The molecule has 2 aliphatic rings. The summed E-state index contributed by atoms with van der Waals surface area (Å²) in [6.07, 6.45) is 1.25. The summed E-state index contributed by atoms with van der Waals surface area (Å²) in [6.45, 7) is 10.8. The highest BCUT2D eigenvalue weighted by molar-refractivity contribution is 5.98. The monoisotopic (exact) mass is 520 g/mol. The maximum Gasteiger partial charge on any atom is 0.410 e. The Labute approximate surface area is 223 Å². The minimum Gasteiger partial charge on any atom is -0.444 e. The Morgan fingerprint density at radius 2 is 1.82 bits per heavy atom. The van der Waals surface area contributed by atoms with E-state index >= 15 is 0 Å². The minimum absolute atomic E-state index is 0.0318. The van der Waals surface area contributed by atoms with Crippen molar-refractivity contribution in [3.05, 3.63) is 65.1 Å². The maximum atomic E-state index is 13.2. The van der Waals surface area contributed by atoms with E-state index in [-0.39, 0.29) is 23.9 Å². The van der Waals surface area contributed by atoms with Crippen molar-refractivity contribution in [2.75, 3.05) is 31.1 Å². The van der Waals surface area contributed by atoms with Gasteiger partial charge in [-0.05, 0) is 63.9 Å². The van der Waals surface area contributed by atoms with E-state index in [4.69, 9.17) is 4.74 Å². The van der Waals surface area contributed by atoms with Crippen molar-refractivity contribution in [2.24, 2.45) is 7.05 Å². The van der Waals surface area contributed by atoms with Crippen molar-refractivity contribution in [1.82, 2.24) is 14.4 Å². The van der Waals surface area contributed by atoms with Gasteiger partial charge in [-0.3, -0.25) is 9.69 Å². The quantitative estimate of drug-likeness (QED) is 0.492. The first-order chi connectivity index (χ1) is 18.0. The zero-order valence-electron chi connectivity index (χ0n) is 23.0. The standard InChI is InChI=1S/C30H37FN4O3/c1-20-16-26-25(18-35(20)29(37)38-30(2,3)4)24-11-10-23(17-27(24)32(26)5)34-15-14-33(19-28(34)36)13-12-21-6-8-22(31)9-7-21/h6-11,17,20H,12-16,18-19H2,1-5H3. The predicted molar refractivity (Wildman–Crippen MR) is 147 cm³/mol. The van der Waals surface area contributed by atoms with E-state index in [1.165, 1.54) is 17.8 Å². The van der Waals surface area contributed by atoms with Gasteiger partial charge in [0.25, 0.3) is 0 Å². The van der Waals surface area contributed by atoms with Crippen LogP contribution in [0.4, 0.5) is 14.9 Å². The van der Waals surface area contributed by atoms with Gasteiger partial charge in [0.15, 0.2) is 0 Å². The van der Waals surface area contributed by atoms with Crippen LogP contribution in [0.15, 0.2) is 42.5 Å². The van der Waals surface area contributed by atoms with Crippen LogP contribution in [0.3, 0.4) is 0 Å². The lowest BCUT2D eigenvalue weighted by molar-refractivity contribution is -0.121. The summed E-state index contributed by atoms with van der Waals surface area (Å²) in [6, 6.07) is 12.8. The first-order valence-electron chi connectivity index (χ1n) is 13.4. The molecule has 0 aliphatic carbocycles. The molecule has 0 spiro atoms. The summed E-state index contributed by atoms with van der Waals surface area (Å²) in [7, 11) is 2.07. The topological polar surface area (TPSA) is 58.0 Å². The van der Waals surface area contributed by atoms with Crippen molar-refractivity contribution >= 4 is 28.6 Å². The molecule has 0 saturated carbocycles. The summed E-state index contributed by atoms with van der Waals surface area (Å²) in [5, 5.41) is 1.11. The third-order valence-corrected chi connectivity index (χ3v) is 7.64. The van der Waals surface area contributed by atoms with E-state index in [1.54, 1.807) is 12.1 Å². The number of hydrogen-bond donors (Lipinski definition) is 0. The number of fused-ring (bicyclic) bond motifs is 3. The van der Waals surface area contributed by atoms with Crippen LogP contribution >= 0.6 is 0 Å². The van der Waals surface area contributed by atoms with Crippen LogP contribution in [0.2, 0.25) is 0 Å². The first-order valence-corrected chi connectivity index (χ1v) is 13.4. The van der Waals surface area contributed by atoms with Crippen molar-refractivity contribution in [3.63, 3.8) is 0 Å². The van der Waals surface area contributed by atoms with Gasteiger partial charge < -0.3 is 19.1 Å². The van der Waals surface area contributed by atoms with Gasteiger partial charge in [-0.25, -0.2) is 9.18 Å². The maximum absolute atomic E-state index is 13.2. The van der Waals surface area contributed by atoms with Crippen LogP contribution < -0.4 is 4.90 Å². The number of rotatable bonds is 4. The van der Waals surface area contributed by atoms with Crippen LogP contribution in [-0.4, -0.2) is 64.2 Å². The molecule has 0 bridgehead atoms. The van der Waals surface area contributed by atoms with Crippen molar-refractivity contribution < 1.29 is 18.7 Å². The fraction of sp³-hybridized carbons (Fsp3) is 0.467. The number of carbonyl (C=O) groups excluding carboxylic acids is 2. The van der Waals surface area contributed by atoms with Crippen molar-refractivity contribution in [2.45, 2.75) is 58.7 Å². The number of piperazine rings is 1. The molecule has 8 heteroatoms. The fourth-order valence-electron chi connectivity index (χ4n) is 5.57. The van der Waals surface area contributed by atoms with Gasteiger partial charge in [0.2, 0.25) is 5.91 Å². The minimum atomic E-state index is -0.539. The molecule has 3 heterocycles. The van der Waals surface area contributed by atoms with Gasteiger partial charge in [-0.1, -0.05) is 18.2 Å². The van der Waals surface area contributed by atoms with Gasteiger partial charge in [-0.15, -0.1) is 0 Å². The average Bonchev–Trinajstić information content (AvgIpc) is 3.12. The van der Waals surface area contributed by atoms with Crippen LogP contribution in [0, 0.1) is 5.82 Å². The average molecular weight is 521 g/mol. The molecule has 0 N–H and O–H groups in total. The lowest BCUT2D eigenvalue weighted by Crippen LogP contribution is -2.50. The van der Waals surface area contributed by atoms with Crippen LogP contribution in [0.5, 0.6) is 0 Å². The Kier molecular flexibility index (Phi) is 6.94. The number of amides is 2. The molecule has 38 heavy (non-hydrogen) atoms. The fourth-order valence-corrected chi connectivity index (χ4v) is 5.57. The van der Waals surface area contributed by atoms with Crippen LogP contribution in [0.25, 0.3) is 10.9 Å². The number of ether oxygens (including phenoxy) is 1. The molecule has 1 fully saturated rings. The molecule has 3 aromatic rings. The van der Waals surface area contributed by atoms with E-state index < -0.39 is 5.60 Å². The Morgan fingerprint density at radius 1 is 1.08 bits per heavy atom. The number of anilines is 1. The first kappa shape index (κ1) is 26.2. The molecule has 0 radical (unpaired) electrons.